The summed E-state index contributed by atoms with van der Waals surface area (Å²) in [7, 11) is 1.63. The van der Waals surface area contributed by atoms with Crippen molar-refractivity contribution in [2.24, 2.45) is 5.16 Å². The third kappa shape index (κ3) is 2.78. The van der Waals surface area contributed by atoms with Crippen LogP contribution in [-0.2, 0) is 6.42 Å². The number of hydrogen-bond donors (Lipinski definition) is 1. The first kappa shape index (κ1) is 9.58. The molecule has 0 aliphatic heterocycles. The molecule has 0 atom stereocenters. The van der Waals surface area contributed by atoms with Gasteiger partial charge in [0.15, 0.2) is 0 Å². The van der Waals surface area contributed by atoms with Crippen molar-refractivity contribution in [3.63, 3.8) is 0 Å². The lowest BCUT2D eigenvalue weighted by molar-refractivity contribution is 0.317. The van der Waals surface area contributed by atoms with Crippen LogP contribution < -0.4 is 4.74 Å². The van der Waals surface area contributed by atoms with Crippen molar-refractivity contribution < 1.29 is 9.94 Å². The van der Waals surface area contributed by atoms with Gasteiger partial charge in [-0.25, -0.2) is 0 Å². The van der Waals surface area contributed by atoms with E-state index in [2.05, 4.69) is 5.16 Å². The monoisotopic (exact) mass is 179 g/mol. The van der Waals surface area contributed by atoms with E-state index in [4.69, 9.17) is 9.94 Å². The van der Waals surface area contributed by atoms with Crippen molar-refractivity contribution in [2.75, 3.05) is 7.11 Å². The van der Waals surface area contributed by atoms with Crippen LogP contribution in [0.1, 0.15) is 12.5 Å². The summed E-state index contributed by atoms with van der Waals surface area (Å²) in [5.41, 5.74) is 1.81. The number of nitrogens with zero attached hydrogens (tertiary/aromatic N) is 1. The predicted octanol–water partition coefficient (Wildman–Crippen LogP) is 2.09. The first-order chi connectivity index (χ1) is 6.26. The van der Waals surface area contributed by atoms with Gasteiger partial charge in [0.2, 0.25) is 0 Å². The smallest absolute Gasteiger partial charge is 0.118 e. The first-order valence-electron chi connectivity index (χ1n) is 4.06. The molecule has 0 heterocycles. The molecule has 0 saturated carbocycles. The SMILES string of the molecule is COc1ccc(CC(C)=NO)cc1. The highest BCUT2D eigenvalue weighted by Gasteiger charge is 1.96. The number of hydrogen-bond acceptors (Lipinski definition) is 3. The maximum absolute atomic E-state index is 8.46. The minimum atomic E-state index is 0.667. The van der Waals surface area contributed by atoms with Gasteiger partial charge >= 0.3 is 0 Å². The molecule has 3 heteroatoms. The van der Waals surface area contributed by atoms with Crippen LogP contribution in [-0.4, -0.2) is 18.0 Å². The predicted molar refractivity (Wildman–Crippen MR) is 51.6 cm³/mol. The van der Waals surface area contributed by atoms with Gasteiger partial charge < -0.3 is 9.94 Å². The topological polar surface area (TPSA) is 41.8 Å². The van der Waals surface area contributed by atoms with Crippen LogP contribution in [0.4, 0.5) is 0 Å². The van der Waals surface area contributed by atoms with Crippen LogP contribution in [0.15, 0.2) is 29.4 Å². The van der Waals surface area contributed by atoms with Gasteiger partial charge in [0.25, 0.3) is 0 Å². The van der Waals surface area contributed by atoms with E-state index in [0.717, 1.165) is 11.3 Å². The van der Waals surface area contributed by atoms with Crippen molar-refractivity contribution in [2.45, 2.75) is 13.3 Å². The normalized spacial score (nSPS) is 11.4. The summed E-state index contributed by atoms with van der Waals surface area (Å²) in [6, 6.07) is 7.68. The zero-order valence-electron chi connectivity index (χ0n) is 7.82. The fraction of sp³-hybridized carbons (Fsp3) is 0.300. The van der Waals surface area contributed by atoms with Gasteiger partial charge in [0.1, 0.15) is 5.75 Å². The number of oxime groups is 1. The van der Waals surface area contributed by atoms with Gasteiger partial charge in [0.05, 0.1) is 12.8 Å². The van der Waals surface area contributed by atoms with E-state index >= 15 is 0 Å². The summed E-state index contributed by atoms with van der Waals surface area (Å²) in [5, 5.41) is 11.6. The molecular weight excluding hydrogens is 166 g/mol. The third-order valence-electron chi connectivity index (χ3n) is 1.79. The molecule has 0 bridgehead atoms. The van der Waals surface area contributed by atoms with Gasteiger partial charge in [0, 0.05) is 6.42 Å². The van der Waals surface area contributed by atoms with E-state index in [-0.39, 0.29) is 0 Å². The molecular formula is C10H13NO2. The highest BCUT2D eigenvalue weighted by Crippen LogP contribution is 2.11. The van der Waals surface area contributed by atoms with E-state index in [1.807, 2.05) is 24.3 Å². The molecule has 1 aromatic carbocycles. The molecule has 0 saturated heterocycles. The molecule has 13 heavy (non-hydrogen) atoms. The van der Waals surface area contributed by atoms with Gasteiger partial charge in [-0.05, 0) is 24.6 Å². The lowest BCUT2D eigenvalue weighted by atomic mass is 10.1. The Hall–Kier alpha value is -1.51. The molecule has 1 aromatic rings. The molecule has 0 amide bonds. The molecule has 0 aliphatic carbocycles. The summed E-state index contributed by atoms with van der Waals surface area (Å²) >= 11 is 0. The number of rotatable bonds is 3. The summed E-state index contributed by atoms with van der Waals surface area (Å²) in [6.07, 6.45) is 0.667. The highest BCUT2D eigenvalue weighted by molar-refractivity contribution is 5.83. The minimum absolute atomic E-state index is 0.667. The zero-order valence-corrected chi connectivity index (χ0v) is 7.82. The van der Waals surface area contributed by atoms with E-state index in [1.54, 1.807) is 14.0 Å². The maximum Gasteiger partial charge on any atom is 0.118 e. The Bertz CT molecular complexity index is 290. The molecule has 0 fully saturated rings. The summed E-state index contributed by atoms with van der Waals surface area (Å²) in [6.45, 7) is 1.78. The van der Waals surface area contributed by atoms with Gasteiger partial charge in [-0.15, -0.1) is 0 Å². The lowest BCUT2D eigenvalue weighted by Gasteiger charge is -2.01. The molecule has 0 aliphatic rings. The standard InChI is InChI=1S/C10H13NO2/c1-8(11-12)7-9-3-5-10(13-2)6-4-9/h3-6,12H,7H2,1-2H3. The maximum atomic E-state index is 8.46. The average molecular weight is 179 g/mol. The van der Waals surface area contributed by atoms with Crippen LogP contribution in [0, 0.1) is 0 Å². The van der Waals surface area contributed by atoms with Crippen LogP contribution in [0.25, 0.3) is 0 Å². The van der Waals surface area contributed by atoms with Crippen molar-refractivity contribution in [3.8, 4) is 5.75 Å². The van der Waals surface area contributed by atoms with Crippen molar-refractivity contribution in [1.82, 2.24) is 0 Å². The number of benzene rings is 1. The quantitative estimate of drug-likeness (QED) is 0.438. The molecule has 1 N–H and O–H groups in total. The van der Waals surface area contributed by atoms with Crippen molar-refractivity contribution >= 4 is 5.71 Å². The van der Waals surface area contributed by atoms with E-state index in [1.165, 1.54) is 0 Å². The molecule has 0 radical (unpaired) electrons. The Morgan fingerprint density at radius 2 is 2.00 bits per heavy atom. The van der Waals surface area contributed by atoms with Crippen LogP contribution in [0.3, 0.4) is 0 Å². The van der Waals surface area contributed by atoms with Crippen LogP contribution in [0.2, 0.25) is 0 Å². The van der Waals surface area contributed by atoms with E-state index in [9.17, 15) is 0 Å². The van der Waals surface area contributed by atoms with Gasteiger partial charge in [-0.1, -0.05) is 17.3 Å². The Kier molecular flexibility index (Phi) is 3.31. The summed E-state index contributed by atoms with van der Waals surface area (Å²) < 4.78 is 5.02. The molecule has 3 nitrogen and oxygen atoms in total. The molecule has 0 unspecified atom stereocenters. The Balaban J connectivity index is 2.69. The average Bonchev–Trinajstić information content (AvgIpc) is 2.19. The second-order valence-corrected chi connectivity index (χ2v) is 2.86. The lowest BCUT2D eigenvalue weighted by Crippen LogP contribution is -1.97. The van der Waals surface area contributed by atoms with E-state index < -0.39 is 0 Å². The zero-order chi connectivity index (χ0) is 9.68. The first-order valence-corrected chi connectivity index (χ1v) is 4.06. The fourth-order valence-electron chi connectivity index (χ4n) is 1.07. The minimum Gasteiger partial charge on any atom is -0.497 e. The summed E-state index contributed by atoms with van der Waals surface area (Å²) in [5.74, 6) is 0.836. The molecule has 0 aromatic heterocycles. The summed E-state index contributed by atoms with van der Waals surface area (Å²) in [4.78, 5) is 0. The number of ether oxygens (including phenoxy) is 1. The number of methoxy groups -OCH3 is 1. The van der Waals surface area contributed by atoms with Crippen LogP contribution in [0.5, 0.6) is 5.75 Å². The largest absolute Gasteiger partial charge is 0.497 e. The van der Waals surface area contributed by atoms with Crippen LogP contribution >= 0.6 is 0 Å². The van der Waals surface area contributed by atoms with E-state index in [0.29, 0.717) is 12.1 Å². The van der Waals surface area contributed by atoms with Gasteiger partial charge in [-0.3, -0.25) is 0 Å². The second-order valence-electron chi connectivity index (χ2n) is 2.86. The second kappa shape index (κ2) is 4.50. The Morgan fingerprint density at radius 1 is 1.38 bits per heavy atom. The highest BCUT2D eigenvalue weighted by atomic mass is 16.5. The molecule has 70 valence electrons. The fourth-order valence-corrected chi connectivity index (χ4v) is 1.07. The third-order valence-corrected chi connectivity index (χ3v) is 1.79. The molecule has 0 spiro atoms. The van der Waals surface area contributed by atoms with Gasteiger partial charge in [-0.2, -0.15) is 0 Å². The Labute approximate surface area is 77.6 Å². The van der Waals surface area contributed by atoms with Crippen molar-refractivity contribution in [3.05, 3.63) is 29.8 Å². The van der Waals surface area contributed by atoms with Crippen molar-refractivity contribution in [1.29, 1.82) is 0 Å². The Morgan fingerprint density at radius 3 is 2.46 bits per heavy atom. The molecule has 1 rings (SSSR count).